The number of ether oxygens (including phenoxy) is 1. The largest absolute Gasteiger partial charge is 0.462 e. The molecule has 8 heteroatoms. The summed E-state index contributed by atoms with van der Waals surface area (Å²) in [6.07, 6.45) is 1.75. The zero-order valence-corrected chi connectivity index (χ0v) is 13.7. The number of ketones is 1. The Hall–Kier alpha value is -0.360. The highest BCUT2D eigenvalue weighted by Crippen LogP contribution is 2.43. The first-order valence-electron chi connectivity index (χ1n) is 5.95. The van der Waals surface area contributed by atoms with Gasteiger partial charge in [-0.05, 0) is 13.0 Å². The quantitative estimate of drug-likeness (QED) is 0.615. The van der Waals surface area contributed by atoms with Crippen molar-refractivity contribution in [3.05, 3.63) is 23.5 Å². The highest BCUT2D eigenvalue weighted by molar-refractivity contribution is 8.00. The molecule has 0 bridgehead atoms. The fraction of sp³-hybridized carbons (Fsp3) is 0.500. The maximum Gasteiger partial charge on any atom is 0.340 e. The van der Waals surface area contributed by atoms with Crippen LogP contribution < -0.4 is 0 Å². The van der Waals surface area contributed by atoms with Crippen LogP contribution in [-0.2, 0) is 16.1 Å². The number of halogens is 3. The van der Waals surface area contributed by atoms with E-state index in [0.29, 0.717) is 23.6 Å². The molecule has 0 fully saturated rings. The molecule has 0 radical (unpaired) electrons. The Labute approximate surface area is 135 Å². The van der Waals surface area contributed by atoms with Crippen molar-refractivity contribution in [1.82, 2.24) is 4.57 Å². The van der Waals surface area contributed by atoms with Gasteiger partial charge in [0.2, 0.25) is 9.58 Å². The number of carbonyl (C=O) groups is 2. The summed E-state index contributed by atoms with van der Waals surface area (Å²) in [6, 6.07) is 1.64. The Bertz CT molecular complexity index is 539. The smallest absolute Gasteiger partial charge is 0.340 e. The number of Topliss-reactive ketones (excluding diaryl/α,β-unsaturated/α-hetero) is 1. The van der Waals surface area contributed by atoms with Crippen LogP contribution in [0.1, 0.15) is 28.2 Å². The molecule has 1 aromatic heterocycles. The average Bonchev–Trinajstić information content (AvgIpc) is 2.80. The number of nitrogens with zero attached hydrogens (tertiary/aromatic N) is 1. The summed E-state index contributed by atoms with van der Waals surface area (Å²) < 4.78 is 4.83. The molecule has 1 atom stereocenters. The number of rotatable bonds is 3. The van der Waals surface area contributed by atoms with E-state index in [1.807, 2.05) is 4.57 Å². The number of alkyl halides is 3. The number of fused-ring (bicyclic) bond motifs is 1. The van der Waals surface area contributed by atoms with E-state index < -0.39 is 20.8 Å². The number of aryl methyl sites for hydroxylation is 1. The molecule has 0 aromatic carbocycles. The van der Waals surface area contributed by atoms with Crippen LogP contribution in [0.25, 0.3) is 0 Å². The van der Waals surface area contributed by atoms with Gasteiger partial charge in [-0.15, -0.1) is 11.8 Å². The van der Waals surface area contributed by atoms with Gasteiger partial charge in [0, 0.05) is 18.5 Å². The second-order valence-electron chi connectivity index (χ2n) is 4.14. The molecule has 1 aromatic rings. The van der Waals surface area contributed by atoms with Gasteiger partial charge in [-0.2, -0.15) is 0 Å². The minimum atomic E-state index is -2.00. The lowest BCUT2D eigenvalue weighted by Gasteiger charge is -2.26. The maximum atomic E-state index is 12.2. The number of carbonyl (C=O) groups excluding carboxylic acids is 2. The molecule has 1 aliphatic rings. The lowest BCUT2D eigenvalue weighted by molar-refractivity contribution is -0.117. The van der Waals surface area contributed by atoms with E-state index in [9.17, 15) is 9.59 Å². The van der Waals surface area contributed by atoms with Crippen molar-refractivity contribution in [1.29, 1.82) is 0 Å². The first kappa shape index (κ1) is 16.0. The Morgan fingerprint density at radius 1 is 1.50 bits per heavy atom. The molecular weight excluding hydrogens is 345 g/mol. The Morgan fingerprint density at radius 3 is 2.80 bits per heavy atom. The Morgan fingerprint density at radius 2 is 2.20 bits per heavy atom. The molecule has 20 heavy (non-hydrogen) atoms. The van der Waals surface area contributed by atoms with Gasteiger partial charge in [0.25, 0.3) is 0 Å². The summed E-state index contributed by atoms with van der Waals surface area (Å²) in [5.41, 5.74) is 0.905. The van der Waals surface area contributed by atoms with Crippen LogP contribution in [0.4, 0.5) is 0 Å². The van der Waals surface area contributed by atoms with Crippen molar-refractivity contribution >= 4 is 58.3 Å². The van der Waals surface area contributed by atoms with E-state index in [0.717, 1.165) is 0 Å². The third-order valence-corrected chi connectivity index (χ3v) is 4.63. The van der Waals surface area contributed by atoms with Crippen LogP contribution in [-0.4, -0.2) is 32.5 Å². The normalized spacial score (nSPS) is 18.5. The van der Waals surface area contributed by atoms with Crippen LogP contribution in [0, 0.1) is 0 Å². The van der Waals surface area contributed by atoms with Crippen molar-refractivity contribution < 1.29 is 14.3 Å². The lowest BCUT2D eigenvalue weighted by atomic mass is 10.1. The highest BCUT2D eigenvalue weighted by atomic mass is 35.6. The van der Waals surface area contributed by atoms with Gasteiger partial charge in [0.1, 0.15) is 5.25 Å². The van der Waals surface area contributed by atoms with Gasteiger partial charge >= 0.3 is 5.97 Å². The third-order valence-electron chi connectivity index (χ3n) is 2.88. The monoisotopic (exact) mass is 355 g/mol. The number of hydrogen-bond acceptors (Lipinski definition) is 4. The minimum Gasteiger partial charge on any atom is -0.462 e. The molecule has 2 heterocycles. The molecule has 0 saturated heterocycles. The van der Waals surface area contributed by atoms with Crippen LogP contribution in [0.15, 0.2) is 12.3 Å². The standard InChI is InChI=1S/C12H12Cl3NO3S/c1-2-19-11(18)7-3-4-16-5-6-20-9(8(7)16)10(17)12(13,14)15/h3-4,9H,2,5-6H2,1H3. The second kappa shape index (κ2) is 6.18. The Balaban J connectivity index is 2.41. The summed E-state index contributed by atoms with van der Waals surface area (Å²) in [5.74, 6) is -0.301. The zero-order chi connectivity index (χ0) is 14.9. The van der Waals surface area contributed by atoms with E-state index in [1.54, 1.807) is 19.2 Å². The number of esters is 1. The fourth-order valence-corrected chi connectivity index (χ4v) is 3.86. The topological polar surface area (TPSA) is 48.3 Å². The van der Waals surface area contributed by atoms with Crippen LogP contribution >= 0.6 is 46.6 Å². The summed E-state index contributed by atoms with van der Waals surface area (Å²) in [4.78, 5) is 24.2. The molecule has 0 aliphatic carbocycles. The second-order valence-corrected chi connectivity index (χ2v) is 7.64. The lowest BCUT2D eigenvalue weighted by Crippen LogP contribution is -2.30. The third kappa shape index (κ3) is 3.11. The first-order valence-corrected chi connectivity index (χ1v) is 8.13. The van der Waals surface area contributed by atoms with Gasteiger partial charge in [0.05, 0.1) is 17.9 Å². The maximum absolute atomic E-state index is 12.2. The molecule has 0 N–H and O–H groups in total. The van der Waals surface area contributed by atoms with Crippen LogP contribution in [0.2, 0.25) is 0 Å². The molecule has 110 valence electrons. The van der Waals surface area contributed by atoms with Crippen molar-refractivity contribution in [3.8, 4) is 0 Å². The van der Waals surface area contributed by atoms with Crippen LogP contribution in [0.5, 0.6) is 0 Å². The molecular formula is C12H12Cl3NO3S. The number of hydrogen-bond donors (Lipinski definition) is 0. The summed E-state index contributed by atoms with van der Waals surface area (Å²) in [5, 5.41) is -0.675. The predicted octanol–water partition coefficient (Wildman–Crippen LogP) is 3.39. The van der Waals surface area contributed by atoms with Gasteiger partial charge in [-0.1, -0.05) is 34.8 Å². The highest BCUT2D eigenvalue weighted by Gasteiger charge is 2.42. The Kier molecular flexibility index (Phi) is 4.95. The van der Waals surface area contributed by atoms with E-state index in [-0.39, 0.29) is 6.61 Å². The van der Waals surface area contributed by atoms with Gasteiger partial charge in [-0.3, -0.25) is 4.79 Å². The predicted molar refractivity (Wildman–Crippen MR) is 80.9 cm³/mol. The van der Waals surface area contributed by atoms with Gasteiger partial charge in [-0.25, -0.2) is 4.79 Å². The minimum absolute atomic E-state index is 0.264. The molecule has 0 amide bonds. The summed E-state index contributed by atoms with van der Waals surface area (Å²) >= 11 is 18.4. The average molecular weight is 357 g/mol. The summed E-state index contributed by atoms with van der Waals surface area (Å²) in [7, 11) is 0. The van der Waals surface area contributed by atoms with Crippen molar-refractivity contribution in [2.75, 3.05) is 12.4 Å². The van der Waals surface area contributed by atoms with Gasteiger partial charge in [0.15, 0.2) is 0 Å². The van der Waals surface area contributed by atoms with Crippen molar-refractivity contribution in [2.24, 2.45) is 0 Å². The number of thioether (sulfide) groups is 1. The van der Waals surface area contributed by atoms with E-state index in [1.165, 1.54) is 11.8 Å². The molecule has 1 unspecified atom stereocenters. The molecule has 0 saturated carbocycles. The summed E-state index contributed by atoms with van der Waals surface area (Å²) in [6.45, 7) is 2.68. The molecule has 2 rings (SSSR count). The van der Waals surface area contributed by atoms with Crippen molar-refractivity contribution in [3.63, 3.8) is 0 Å². The van der Waals surface area contributed by atoms with Crippen molar-refractivity contribution in [2.45, 2.75) is 22.5 Å². The van der Waals surface area contributed by atoms with E-state index in [2.05, 4.69) is 0 Å². The van der Waals surface area contributed by atoms with E-state index in [4.69, 9.17) is 39.5 Å². The SMILES string of the molecule is CCOC(=O)c1ccn2c1C(C(=O)C(Cl)(Cl)Cl)SCC2. The fourth-order valence-electron chi connectivity index (χ4n) is 2.05. The zero-order valence-electron chi connectivity index (χ0n) is 10.6. The van der Waals surface area contributed by atoms with E-state index >= 15 is 0 Å². The molecule has 1 aliphatic heterocycles. The molecule has 4 nitrogen and oxygen atoms in total. The van der Waals surface area contributed by atoms with Crippen LogP contribution in [0.3, 0.4) is 0 Å². The first-order chi connectivity index (χ1) is 9.36. The van der Waals surface area contributed by atoms with Gasteiger partial charge < -0.3 is 9.30 Å². The number of aromatic nitrogens is 1. The molecule has 0 spiro atoms.